The number of carbonyl (C=O) groups excluding carboxylic acids is 1. The monoisotopic (exact) mass is 270 g/mol. The third-order valence-electron chi connectivity index (χ3n) is 3.40. The van der Waals surface area contributed by atoms with Crippen molar-refractivity contribution in [2.75, 3.05) is 7.11 Å². The zero-order chi connectivity index (χ0) is 14.4. The molecule has 0 radical (unpaired) electrons. The molecule has 0 atom stereocenters. The average molecular weight is 270 g/mol. The molecule has 20 heavy (non-hydrogen) atoms. The van der Waals surface area contributed by atoms with E-state index in [1.54, 1.807) is 0 Å². The molecule has 3 nitrogen and oxygen atoms in total. The van der Waals surface area contributed by atoms with Crippen LogP contribution in [-0.2, 0) is 9.53 Å². The summed E-state index contributed by atoms with van der Waals surface area (Å²) in [6.45, 7) is 0. The number of benzene rings is 1. The number of methoxy groups -OCH3 is 1. The van der Waals surface area contributed by atoms with Crippen LogP contribution in [-0.4, -0.2) is 18.2 Å². The predicted molar refractivity (Wildman–Crippen MR) is 79.1 cm³/mol. The Labute approximate surface area is 118 Å². The highest BCUT2D eigenvalue weighted by molar-refractivity contribution is 5.93. The number of ether oxygens (including phenoxy) is 1. The van der Waals surface area contributed by atoms with Crippen LogP contribution in [0.15, 0.2) is 59.4 Å². The van der Waals surface area contributed by atoms with Crippen molar-refractivity contribution in [2.45, 2.75) is 19.3 Å². The quantitative estimate of drug-likeness (QED) is 0.514. The van der Waals surface area contributed by atoms with E-state index in [0.29, 0.717) is 0 Å². The van der Waals surface area contributed by atoms with Gasteiger partial charge in [0.15, 0.2) is 0 Å². The highest BCUT2D eigenvalue weighted by Crippen LogP contribution is 2.32. The first-order valence-corrected chi connectivity index (χ1v) is 6.64. The first-order valence-electron chi connectivity index (χ1n) is 6.64. The van der Waals surface area contributed by atoms with Crippen molar-refractivity contribution >= 4 is 12.0 Å². The summed E-state index contributed by atoms with van der Waals surface area (Å²) >= 11 is 0. The number of hydrogen-bond acceptors (Lipinski definition) is 3. The summed E-state index contributed by atoms with van der Waals surface area (Å²) < 4.78 is 4.70. The number of carbonyl (C=O) groups is 1. The molecule has 0 saturated heterocycles. The molecule has 0 unspecified atom stereocenters. The van der Waals surface area contributed by atoms with Crippen molar-refractivity contribution < 1.29 is 14.6 Å². The maximum atomic E-state index is 11.6. The molecule has 3 heteroatoms. The second-order valence-corrected chi connectivity index (χ2v) is 4.64. The molecule has 104 valence electrons. The number of esters is 1. The Bertz CT molecular complexity index is 565. The average Bonchev–Trinajstić information content (AvgIpc) is 2.95. The van der Waals surface area contributed by atoms with E-state index in [4.69, 9.17) is 4.74 Å². The molecule has 1 aromatic carbocycles. The lowest BCUT2D eigenvalue weighted by atomic mass is 10.0. The van der Waals surface area contributed by atoms with Gasteiger partial charge in [-0.05, 0) is 36.0 Å². The highest BCUT2D eigenvalue weighted by atomic mass is 16.5. The van der Waals surface area contributed by atoms with Gasteiger partial charge in [0.25, 0.3) is 0 Å². The molecule has 1 aromatic rings. The molecule has 0 aromatic heterocycles. The zero-order valence-electron chi connectivity index (χ0n) is 11.5. The lowest BCUT2D eigenvalue weighted by Gasteiger charge is -2.06. The fraction of sp³-hybridized carbons (Fsp3) is 0.235. The highest BCUT2D eigenvalue weighted by Gasteiger charge is 2.22. The lowest BCUT2D eigenvalue weighted by molar-refractivity contribution is -0.135. The summed E-state index contributed by atoms with van der Waals surface area (Å²) in [6, 6.07) is 9.99. The molecule has 2 rings (SSSR count). The Balaban J connectivity index is 2.26. The summed E-state index contributed by atoms with van der Waals surface area (Å²) in [4.78, 5) is 11.6. The van der Waals surface area contributed by atoms with Crippen molar-refractivity contribution in [3.8, 4) is 0 Å². The molecule has 0 fully saturated rings. The van der Waals surface area contributed by atoms with Crippen LogP contribution in [0.4, 0.5) is 0 Å². The summed E-state index contributed by atoms with van der Waals surface area (Å²) in [6.07, 6.45) is 7.57. The van der Waals surface area contributed by atoms with Gasteiger partial charge in [-0.2, -0.15) is 0 Å². The van der Waals surface area contributed by atoms with Crippen LogP contribution in [0.2, 0.25) is 0 Å². The van der Waals surface area contributed by atoms with Gasteiger partial charge in [0.2, 0.25) is 0 Å². The number of aliphatic hydroxyl groups excluding tert-OH is 1. The molecule has 1 N–H and O–H groups in total. The van der Waals surface area contributed by atoms with E-state index in [2.05, 4.69) is 0 Å². The van der Waals surface area contributed by atoms with Crippen LogP contribution in [0.5, 0.6) is 0 Å². The van der Waals surface area contributed by atoms with E-state index < -0.39 is 5.97 Å². The van der Waals surface area contributed by atoms with Crippen molar-refractivity contribution in [1.82, 2.24) is 0 Å². The standard InChI is InChI=1S/C17H18O3/c1-20-17(19)16(12-18)15-9-5-8-14(15)11-10-13-6-3-2-4-7-13/h2-4,6-7,10-12,18H,5,8-9H2,1H3. The predicted octanol–water partition coefficient (Wildman–Crippen LogP) is 3.80. The number of aliphatic hydroxyl groups is 1. The topological polar surface area (TPSA) is 46.5 Å². The maximum absolute atomic E-state index is 11.6. The van der Waals surface area contributed by atoms with Gasteiger partial charge in [0, 0.05) is 0 Å². The lowest BCUT2D eigenvalue weighted by Crippen LogP contribution is -2.07. The Morgan fingerprint density at radius 2 is 1.95 bits per heavy atom. The SMILES string of the molecule is COC(=O)C(=CO)C1=C(C=Cc2ccccc2)CCC1. The molecule has 0 amide bonds. The van der Waals surface area contributed by atoms with Crippen LogP contribution in [0.1, 0.15) is 24.8 Å². The fourth-order valence-electron chi connectivity index (χ4n) is 2.38. The van der Waals surface area contributed by atoms with Crippen LogP contribution < -0.4 is 0 Å². The van der Waals surface area contributed by atoms with Gasteiger partial charge in [-0.15, -0.1) is 0 Å². The molecule has 1 aliphatic carbocycles. The van der Waals surface area contributed by atoms with E-state index in [9.17, 15) is 9.90 Å². The van der Waals surface area contributed by atoms with Crippen molar-refractivity contribution in [1.29, 1.82) is 0 Å². The summed E-state index contributed by atoms with van der Waals surface area (Å²) in [5.41, 5.74) is 3.34. The minimum Gasteiger partial charge on any atom is -0.515 e. The van der Waals surface area contributed by atoms with Gasteiger partial charge in [0.05, 0.1) is 18.9 Å². The van der Waals surface area contributed by atoms with E-state index in [-0.39, 0.29) is 5.57 Å². The van der Waals surface area contributed by atoms with Crippen molar-refractivity contribution in [3.63, 3.8) is 0 Å². The molecular weight excluding hydrogens is 252 g/mol. The molecule has 1 aliphatic rings. The molecule has 0 saturated carbocycles. The van der Waals surface area contributed by atoms with Gasteiger partial charge in [0.1, 0.15) is 0 Å². The first-order chi connectivity index (χ1) is 9.76. The second kappa shape index (κ2) is 6.75. The minimum absolute atomic E-state index is 0.262. The Morgan fingerprint density at radius 3 is 2.60 bits per heavy atom. The third-order valence-corrected chi connectivity index (χ3v) is 3.40. The van der Waals surface area contributed by atoms with Gasteiger partial charge >= 0.3 is 5.97 Å². The number of rotatable bonds is 4. The van der Waals surface area contributed by atoms with Crippen LogP contribution in [0.25, 0.3) is 6.08 Å². The summed E-state index contributed by atoms with van der Waals surface area (Å²) in [5, 5.41) is 9.27. The first kappa shape index (κ1) is 14.1. The Hall–Kier alpha value is -2.29. The molecule has 0 bridgehead atoms. The van der Waals surface area contributed by atoms with E-state index in [0.717, 1.165) is 42.2 Å². The Kier molecular flexibility index (Phi) is 4.77. The molecular formula is C17H18O3. The van der Waals surface area contributed by atoms with Crippen LogP contribution in [0, 0.1) is 0 Å². The smallest absolute Gasteiger partial charge is 0.341 e. The molecule has 0 heterocycles. The van der Waals surface area contributed by atoms with Crippen molar-refractivity contribution in [2.24, 2.45) is 0 Å². The van der Waals surface area contributed by atoms with E-state index in [1.807, 2.05) is 42.5 Å². The van der Waals surface area contributed by atoms with Crippen LogP contribution in [0.3, 0.4) is 0 Å². The largest absolute Gasteiger partial charge is 0.515 e. The summed E-state index contributed by atoms with van der Waals surface area (Å²) in [5.74, 6) is -0.491. The second-order valence-electron chi connectivity index (χ2n) is 4.64. The summed E-state index contributed by atoms with van der Waals surface area (Å²) in [7, 11) is 1.32. The fourth-order valence-corrected chi connectivity index (χ4v) is 2.38. The van der Waals surface area contributed by atoms with Gasteiger partial charge in [-0.3, -0.25) is 0 Å². The minimum atomic E-state index is -0.491. The normalized spacial score (nSPS) is 15.9. The van der Waals surface area contributed by atoms with Crippen molar-refractivity contribution in [3.05, 3.63) is 65.0 Å². The number of hydrogen-bond donors (Lipinski definition) is 1. The number of allylic oxidation sites excluding steroid dienone is 2. The molecule has 0 spiro atoms. The van der Waals surface area contributed by atoms with Crippen LogP contribution >= 0.6 is 0 Å². The maximum Gasteiger partial charge on any atom is 0.341 e. The van der Waals surface area contributed by atoms with E-state index >= 15 is 0 Å². The van der Waals surface area contributed by atoms with E-state index in [1.165, 1.54) is 7.11 Å². The zero-order valence-corrected chi connectivity index (χ0v) is 11.5. The molecule has 0 aliphatic heterocycles. The third kappa shape index (κ3) is 3.18. The van der Waals surface area contributed by atoms with Gasteiger partial charge in [-0.1, -0.05) is 42.5 Å². The van der Waals surface area contributed by atoms with Gasteiger partial charge < -0.3 is 9.84 Å². The van der Waals surface area contributed by atoms with Gasteiger partial charge in [-0.25, -0.2) is 4.79 Å². The Morgan fingerprint density at radius 1 is 1.20 bits per heavy atom.